The fraction of sp³-hybridized carbons (Fsp3) is 0.368. The minimum Gasteiger partial charge on any atom is -0.263 e. The molecule has 1 saturated carbocycles. The van der Waals surface area contributed by atoms with E-state index in [1.165, 1.54) is 16.4 Å². The lowest BCUT2D eigenvalue weighted by Gasteiger charge is -2.31. The standard InChI is InChI=1S/C19H21ClN2O4S/c1-13-7-10-18(14(2)11-13)21(15-5-3-4-6-15)27(25,26)16-8-9-17(20)19(12-16)22(23)24/h7-12,15H,3-6H2,1-2H3. The largest absolute Gasteiger partial charge is 0.289 e. The number of nitro benzene ring substituents is 1. The Bertz CT molecular complexity index is 985. The fourth-order valence-electron chi connectivity index (χ4n) is 3.62. The normalized spacial score (nSPS) is 15.1. The highest BCUT2D eigenvalue weighted by Gasteiger charge is 2.35. The van der Waals surface area contributed by atoms with E-state index in [4.69, 9.17) is 11.6 Å². The number of nitrogens with zero attached hydrogens (tertiary/aromatic N) is 2. The summed E-state index contributed by atoms with van der Waals surface area (Å²) in [5.41, 5.74) is 2.10. The molecule has 1 aliphatic carbocycles. The second-order valence-corrected chi connectivity index (χ2v) is 9.12. The summed E-state index contributed by atoms with van der Waals surface area (Å²) in [6.45, 7) is 3.83. The predicted octanol–water partition coefficient (Wildman–Crippen LogP) is 5.00. The third-order valence-electron chi connectivity index (χ3n) is 4.92. The van der Waals surface area contributed by atoms with E-state index in [1.807, 2.05) is 32.0 Å². The van der Waals surface area contributed by atoms with Crippen LogP contribution in [-0.2, 0) is 10.0 Å². The van der Waals surface area contributed by atoms with E-state index in [0.29, 0.717) is 5.69 Å². The minimum atomic E-state index is -3.98. The molecule has 1 aliphatic rings. The SMILES string of the molecule is Cc1ccc(N(C2CCCC2)S(=O)(=O)c2ccc(Cl)c([N+](=O)[O-])c2)c(C)c1. The van der Waals surface area contributed by atoms with E-state index in [0.717, 1.165) is 42.9 Å². The lowest BCUT2D eigenvalue weighted by atomic mass is 10.1. The van der Waals surface area contributed by atoms with Gasteiger partial charge in [0.15, 0.2) is 0 Å². The van der Waals surface area contributed by atoms with Crippen molar-refractivity contribution in [1.29, 1.82) is 0 Å². The van der Waals surface area contributed by atoms with Gasteiger partial charge in [0.2, 0.25) is 0 Å². The highest BCUT2D eigenvalue weighted by atomic mass is 35.5. The summed E-state index contributed by atoms with van der Waals surface area (Å²) in [6.07, 6.45) is 3.45. The van der Waals surface area contributed by atoms with Crippen molar-refractivity contribution in [2.45, 2.75) is 50.5 Å². The van der Waals surface area contributed by atoms with Crippen LogP contribution in [0.3, 0.4) is 0 Å². The molecule has 8 heteroatoms. The first-order valence-electron chi connectivity index (χ1n) is 8.77. The molecular formula is C19H21ClN2O4S. The van der Waals surface area contributed by atoms with Gasteiger partial charge in [-0.15, -0.1) is 0 Å². The molecule has 6 nitrogen and oxygen atoms in total. The van der Waals surface area contributed by atoms with Crippen LogP contribution in [0.2, 0.25) is 5.02 Å². The third kappa shape index (κ3) is 3.80. The molecule has 0 atom stereocenters. The molecule has 0 unspecified atom stereocenters. The van der Waals surface area contributed by atoms with Gasteiger partial charge in [0.1, 0.15) is 5.02 Å². The topological polar surface area (TPSA) is 80.5 Å². The number of hydrogen-bond acceptors (Lipinski definition) is 4. The highest BCUT2D eigenvalue weighted by molar-refractivity contribution is 7.92. The first-order valence-corrected chi connectivity index (χ1v) is 10.6. The number of anilines is 1. The predicted molar refractivity (Wildman–Crippen MR) is 106 cm³/mol. The molecule has 0 radical (unpaired) electrons. The number of benzene rings is 2. The van der Waals surface area contributed by atoms with Crippen molar-refractivity contribution in [1.82, 2.24) is 0 Å². The van der Waals surface area contributed by atoms with Gasteiger partial charge in [-0.25, -0.2) is 8.42 Å². The molecule has 0 heterocycles. The van der Waals surface area contributed by atoms with Gasteiger partial charge in [-0.1, -0.05) is 42.1 Å². The zero-order valence-corrected chi connectivity index (χ0v) is 16.8. The van der Waals surface area contributed by atoms with Gasteiger partial charge >= 0.3 is 0 Å². The van der Waals surface area contributed by atoms with E-state index in [9.17, 15) is 18.5 Å². The highest BCUT2D eigenvalue weighted by Crippen LogP contribution is 2.37. The maximum absolute atomic E-state index is 13.5. The molecule has 144 valence electrons. The summed E-state index contributed by atoms with van der Waals surface area (Å²) in [4.78, 5) is 10.4. The van der Waals surface area contributed by atoms with Crippen molar-refractivity contribution in [2.24, 2.45) is 0 Å². The number of aryl methyl sites for hydroxylation is 2. The maximum Gasteiger partial charge on any atom is 0.289 e. The first-order chi connectivity index (χ1) is 12.7. The van der Waals surface area contributed by atoms with Crippen LogP contribution >= 0.6 is 11.6 Å². The Hall–Kier alpha value is -2.12. The Morgan fingerprint density at radius 1 is 1.11 bits per heavy atom. The van der Waals surface area contributed by atoms with Crippen LogP contribution in [0.25, 0.3) is 0 Å². The summed E-state index contributed by atoms with van der Waals surface area (Å²) in [5.74, 6) is 0. The number of hydrogen-bond donors (Lipinski definition) is 0. The zero-order chi connectivity index (χ0) is 19.8. The van der Waals surface area contributed by atoms with Crippen molar-refractivity contribution >= 4 is 33.0 Å². The second kappa shape index (κ2) is 7.48. The molecule has 0 bridgehead atoms. The molecule has 0 N–H and O–H groups in total. The molecule has 2 aromatic rings. The van der Waals surface area contributed by atoms with Gasteiger partial charge in [0.25, 0.3) is 15.7 Å². The van der Waals surface area contributed by atoms with Crippen molar-refractivity contribution < 1.29 is 13.3 Å². The Kier molecular flexibility index (Phi) is 5.44. The number of sulfonamides is 1. The van der Waals surface area contributed by atoms with Crippen LogP contribution in [-0.4, -0.2) is 19.4 Å². The lowest BCUT2D eigenvalue weighted by molar-refractivity contribution is -0.384. The first kappa shape index (κ1) is 19.6. The van der Waals surface area contributed by atoms with Gasteiger partial charge < -0.3 is 0 Å². The van der Waals surface area contributed by atoms with Crippen LogP contribution in [0.15, 0.2) is 41.3 Å². The fourth-order valence-corrected chi connectivity index (χ4v) is 5.60. The zero-order valence-electron chi connectivity index (χ0n) is 15.2. The Morgan fingerprint density at radius 3 is 2.37 bits per heavy atom. The van der Waals surface area contributed by atoms with Gasteiger partial charge in [0, 0.05) is 12.1 Å². The summed E-state index contributed by atoms with van der Waals surface area (Å²) in [5, 5.41) is 11.1. The molecule has 0 aliphatic heterocycles. The Balaban J connectivity index is 2.16. The Labute approximate surface area is 164 Å². The molecule has 1 fully saturated rings. The van der Waals surface area contributed by atoms with Crippen molar-refractivity contribution in [3.05, 3.63) is 62.7 Å². The third-order valence-corrected chi connectivity index (χ3v) is 7.10. The van der Waals surface area contributed by atoms with E-state index in [1.54, 1.807) is 0 Å². The van der Waals surface area contributed by atoms with E-state index < -0.39 is 20.6 Å². The molecule has 0 aromatic heterocycles. The van der Waals surface area contributed by atoms with E-state index >= 15 is 0 Å². The molecule has 0 spiro atoms. The van der Waals surface area contributed by atoms with Gasteiger partial charge in [-0.3, -0.25) is 14.4 Å². The maximum atomic E-state index is 13.5. The quantitative estimate of drug-likeness (QED) is 0.514. The summed E-state index contributed by atoms with van der Waals surface area (Å²) < 4.78 is 28.5. The number of nitro groups is 1. The van der Waals surface area contributed by atoms with Gasteiger partial charge in [0.05, 0.1) is 15.5 Å². The van der Waals surface area contributed by atoms with Crippen molar-refractivity contribution in [3.8, 4) is 0 Å². The van der Waals surface area contributed by atoms with Crippen LogP contribution in [0, 0.1) is 24.0 Å². The van der Waals surface area contributed by atoms with E-state index in [-0.39, 0.29) is 16.0 Å². The molecular weight excluding hydrogens is 388 g/mol. The van der Waals surface area contributed by atoms with Crippen LogP contribution in [0.4, 0.5) is 11.4 Å². The second-order valence-electron chi connectivity index (χ2n) is 6.90. The smallest absolute Gasteiger partial charge is 0.263 e. The van der Waals surface area contributed by atoms with Crippen LogP contribution < -0.4 is 4.31 Å². The summed E-state index contributed by atoms with van der Waals surface area (Å²) in [7, 11) is -3.98. The molecule has 0 amide bonds. The molecule has 27 heavy (non-hydrogen) atoms. The van der Waals surface area contributed by atoms with Crippen molar-refractivity contribution in [3.63, 3.8) is 0 Å². The van der Waals surface area contributed by atoms with Gasteiger partial charge in [-0.2, -0.15) is 0 Å². The number of halogens is 1. The minimum absolute atomic E-state index is 0.0853. The summed E-state index contributed by atoms with van der Waals surface area (Å²) >= 11 is 5.86. The average molecular weight is 409 g/mol. The van der Waals surface area contributed by atoms with Gasteiger partial charge in [-0.05, 0) is 50.5 Å². The van der Waals surface area contributed by atoms with Crippen LogP contribution in [0.5, 0.6) is 0 Å². The van der Waals surface area contributed by atoms with E-state index in [2.05, 4.69) is 0 Å². The average Bonchev–Trinajstić information content (AvgIpc) is 3.11. The molecule has 0 saturated heterocycles. The number of rotatable bonds is 5. The Morgan fingerprint density at radius 2 is 1.78 bits per heavy atom. The van der Waals surface area contributed by atoms with Crippen molar-refractivity contribution in [2.75, 3.05) is 4.31 Å². The van der Waals surface area contributed by atoms with Crippen LogP contribution in [0.1, 0.15) is 36.8 Å². The molecule has 2 aromatic carbocycles. The molecule has 3 rings (SSSR count). The lowest BCUT2D eigenvalue weighted by Crippen LogP contribution is -2.39. The summed E-state index contributed by atoms with van der Waals surface area (Å²) in [6, 6.07) is 9.11. The monoisotopic (exact) mass is 408 g/mol.